The maximum atomic E-state index is 12.1. The minimum atomic E-state index is -0.248. The first-order valence-electron chi connectivity index (χ1n) is 9.78. The first-order valence-corrected chi connectivity index (χ1v) is 10.2. The Labute approximate surface area is 175 Å². The Morgan fingerprint density at radius 3 is 2.72 bits per heavy atom. The van der Waals surface area contributed by atoms with Crippen LogP contribution in [0.5, 0.6) is 0 Å². The Balaban J connectivity index is 1.30. The summed E-state index contributed by atoms with van der Waals surface area (Å²) in [7, 11) is 0. The second-order valence-corrected chi connectivity index (χ2v) is 7.64. The van der Waals surface area contributed by atoms with Crippen molar-refractivity contribution in [2.24, 2.45) is 0 Å². The number of anilines is 1. The van der Waals surface area contributed by atoms with Gasteiger partial charge in [0, 0.05) is 36.9 Å². The Morgan fingerprint density at radius 2 is 1.86 bits per heavy atom. The van der Waals surface area contributed by atoms with Crippen LogP contribution in [0.15, 0.2) is 66.7 Å². The van der Waals surface area contributed by atoms with Crippen molar-refractivity contribution in [3.8, 4) is 0 Å². The third-order valence-electron chi connectivity index (χ3n) is 5.09. The van der Waals surface area contributed by atoms with E-state index in [4.69, 9.17) is 16.3 Å². The van der Waals surface area contributed by atoms with E-state index in [0.717, 1.165) is 19.6 Å². The number of ether oxygens (including phenoxy) is 1. The minimum absolute atomic E-state index is 0.0327. The van der Waals surface area contributed by atoms with Crippen molar-refractivity contribution in [3.05, 3.63) is 77.3 Å². The molecule has 0 spiro atoms. The van der Waals surface area contributed by atoms with Crippen molar-refractivity contribution < 1.29 is 9.53 Å². The van der Waals surface area contributed by atoms with Crippen molar-refractivity contribution >= 4 is 34.1 Å². The molecular weight excluding hydrogens is 386 g/mol. The zero-order chi connectivity index (χ0) is 20.1. The van der Waals surface area contributed by atoms with Crippen molar-refractivity contribution in [2.45, 2.75) is 12.6 Å². The SMILES string of the molecule is O=C(NCC1CN(Cc2cccc3ccccc23)CCO1)Nc1ccc(Cl)cc1. The van der Waals surface area contributed by atoms with Gasteiger partial charge in [0.25, 0.3) is 0 Å². The summed E-state index contributed by atoms with van der Waals surface area (Å²) < 4.78 is 5.85. The van der Waals surface area contributed by atoms with Crippen LogP contribution >= 0.6 is 11.6 Å². The lowest BCUT2D eigenvalue weighted by Gasteiger charge is -2.33. The number of nitrogens with one attached hydrogen (secondary N) is 2. The van der Waals surface area contributed by atoms with E-state index in [9.17, 15) is 4.79 Å². The molecule has 2 N–H and O–H groups in total. The van der Waals surface area contributed by atoms with E-state index in [1.54, 1.807) is 24.3 Å². The topological polar surface area (TPSA) is 53.6 Å². The number of urea groups is 1. The van der Waals surface area contributed by atoms with Gasteiger partial charge in [-0.2, -0.15) is 0 Å². The normalized spacial score (nSPS) is 17.2. The number of hydrogen-bond acceptors (Lipinski definition) is 3. The van der Waals surface area contributed by atoms with Gasteiger partial charge in [0.1, 0.15) is 0 Å². The number of amides is 2. The standard InChI is InChI=1S/C23H24ClN3O2/c24-19-8-10-20(11-9-19)26-23(28)25-14-21-16-27(12-13-29-21)15-18-6-3-5-17-4-1-2-7-22(17)18/h1-11,21H,12-16H2,(H2,25,26,28). The Morgan fingerprint density at radius 1 is 1.07 bits per heavy atom. The van der Waals surface area contributed by atoms with Crippen LogP contribution in [0.1, 0.15) is 5.56 Å². The average Bonchev–Trinajstić information content (AvgIpc) is 2.75. The van der Waals surface area contributed by atoms with E-state index in [2.05, 4.69) is 58.0 Å². The van der Waals surface area contributed by atoms with Crippen molar-refractivity contribution in [3.63, 3.8) is 0 Å². The van der Waals surface area contributed by atoms with E-state index >= 15 is 0 Å². The molecule has 0 aromatic heterocycles. The van der Waals surface area contributed by atoms with E-state index in [1.807, 2.05) is 0 Å². The Bertz CT molecular complexity index is 972. The maximum absolute atomic E-state index is 12.1. The first-order chi connectivity index (χ1) is 14.2. The molecule has 6 heteroatoms. The largest absolute Gasteiger partial charge is 0.374 e. The lowest BCUT2D eigenvalue weighted by Crippen LogP contribution is -2.47. The number of halogens is 1. The lowest BCUT2D eigenvalue weighted by molar-refractivity contribution is -0.0284. The average molecular weight is 410 g/mol. The summed E-state index contributed by atoms with van der Waals surface area (Å²) >= 11 is 5.87. The Kier molecular flexibility index (Phi) is 6.30. The smallest absolute Gasteiger partial charge is 0.319 e. The summed E-state index contributed by atoms with van der Waals surface area (Å²) in [6, 6.07) is 21.7. The van der Waals surface area contributed by atoms with E-state index in [1.165, 1.54) is 16.3 Å². The Hall–Kier alpha value is -2.60. The summed E-state index contributed by atoms with van der Waals surface area (Å²) in [5, 5.41) is 8.88. The quantitative estimate of drug-likeness (QED) is 0.651. The zero-order valence-electron chi connectivity index (χ0n) is 16.1. The highest BCUT2D eigenvalue weighted by atomic mass is 35.5. The van der Waals surface area contributed by atoms with Gasteiger partial charge < -0.3 is 15.4 Å². The molecule has 1 heterocycles. The third kappa shape index (κ3) is 5.26. The van der Waals surface area contributed by atoms with Crippen molar-refractivity contribution in [1.82, 2.24) is 10.2 Å². The van der Waals surface area contributed by atoms with Gasteiger partial charge in [0.2, 0.25) is 0 Å². The summed E-state index contributed by atoms with van der Waals surface area (Å²) in [5.74, 6) is 0. The molecule has 4 rings (SSSR count). The number of rotatable bonds is 5. The predicted octanol–water partition coefficient (Wildman–Crippen LogP) is 4.52. The van der Waals surface area contributed by atoms with Crippen LogP contribution in [-0.2, 0) is 11.3 Å². The number of hydrogen-bond donors (Lipinski definition) is 2. The van der Waals surface area contributed by atoms with Crippen LogP contribution in [0.4, 0.5) is 10.5 Å². The second kappa shape index (κ2) is 9.27. The fourth-order valence-electron chi connectivity index (χ4n) is 3.63. The number of morpholine rings is 1. The fraction of sp³-hybridized carbons (Fsp3) is 0.261. The maximum Gasteiger partial charge on any atom is 0.319 e. The molecule has 29 heavy (non-hydrogen) atoms. The zero-order valence-corrected chi connectivity index (χ0v) is 16.9. The van der Waals surface area contributed by atoms with Gasteiger partial charge in [0.15, 0.2) is 0 Å². The fourth-order valence-corrected chi connectivity index (χ4v) is 3.76. The van der Waals surface area contributed by atoms with Crippen LogP contribution in [0.25, 0.3) is 10.8 Å². The molecule has 1 atom stereocenters. The van der Waals surface area contributed by atoms with Crippen molar-refractivity contribution in [1.29, 1.82) is 0 Å². The second-order valence-electron chi connectivity index (χ2n) is 7.21. The molecule has 150 valence electrons. The predicted molar refractivity (Wildman–Crippen MR) is 117 cm³/mol. The van der Waals surface area contributed by atoms with E-state index in [-0.39, 0.29) is 12.1 Å². The molecule has 0 radical (unpaired) electrons. The molecule has 0 bridgehead atoms. The van der Waals surface area contributed by atoms with Crippen LogP contribution < -0.4 is 10.6 Å². The van der Waals surface area contributed by atoms with Gasteiger partial charge in [-0.1, -0.05) is 54.1 Å². The van der Waals surface area contributed by atoms with Gasteiger partial charge in [-0.3, -0.25) is 4.90 Å². The van der Waals surface area contributed by atoms with Crippen LogP contribution in [0, 0.1) is 0 Å². The number of carbonyl (C=O) groups excluding carboxylic acids is 1. The molecule has 1 aliphatic rings. The number of carbonyl (C=O) groups is 1. The molecule has 0 aliphatic carbocycles. The molecule has 1 saturated heterocycles. The molecule has 5 nitrogen and oxygen atoms in total. The lowest BCUT2D eigenvalue weighted by atomic mass is 10.0. The van der Waals surface area contributed by atoms with Gasteiger partial charge in [-0.25, -0.2) is 4.79 Å². The first kappa shape index (κ1) is 19.7. The summed E-state index contributed by atoms with van der Waals surface area (Å²) in [4.78, 5) is 14.5. The van der Waals surface area contributed by atoms with Crippen LogP contribution in [0.2, 0.25) is 5.02 Å². The number of nitrogens with zero attached hydrogens (tertiary/aromatic N) is 1. The summed E-state index contributed by atoms with van der Waals surface area (Å²) in [6.45, 7) is 3.67. The molecule has 1 unspecified atom stereocenters. The highest BCUT2D eigenvalue weighted by Crippen LogP contribution is 2.21. The van der Waals surface area contributed by atoms with Gasteiger partial charge in [0.05, 0.1) is 12.7 Å². The highest BCUT2D eigenvalue weighted by Gasteiger charge is 2.21. The summed E-state index contributed by atoms with van der Waals surface area (Å²) in [5.41, 5.74) is 2.02. The molecule has 0 saturated carbocycles. The molecule has 1 aliphatic heterocycles. The van der Waals surface area contributed by atoms with Gasteiger partial charge >= 0.3 is 6.03 Å². The van der Waals surface area contributed by atoms with Gasteiger partial charge in [-0.05, 0) is 40.6 Å². The molecule has 2 amide bonds. The van der Waals surface area contributed by atoms with Crippen molar-refractivity contribution in [2.75, 3.05) is 31.6 Å². The van der Waals surface area contributed by atoms with E-state index in [0.29, 0.717) is 23.9 Å². The van der Waals surface area contributed by atoms with E-state index < -0.39 is 0 Å². The highest BCUT2D eigenvalue weighted by molar-refractivity contribution is 6.30. The van der Waals surface area contributed by atoms with Gasteiger partial charge in [-0.15, -0.1) is 0 Å². The molecule has 3 aromatic carbocycles. The molecule has 1 fully saturated rings. The summed E-state index contributed by atoms with van der Waals surface area (Å²) in [6.07, 6.45) is -0.0327. The number of benzene rings is 3. The minimum Gasteiger partial charge on any atom is -0.374 e. The van der Waals surface area contributed by atoms with Crippen LogP contribution in [-0.4, -0.2) is 43.3 Å². The monoisotopic (exact) mass is 409 g/mol. The number of fused-ring (bicyclic) bond motifs is 1. The third-order valence-corrected chi connectivity index (χ3v) is 5.34. The molecular formula is C23H24ClN3O2. The molecule has 3 aromatic rings. The van der Waals surface area contributed by atoms with Crippen LogP contribution in [0.3, 0.4) is 0 Å².